The van der Waals surface area contributed by atoms with E-state index in [1.165, 1.54) is 9.96 Å². The third kappa shape index (κ3) is 15.7. The summed E-state index contributed by atoms with van der Waals surface area (Å²) in [5.41, 5.74) is -1.73. The number of urea groups is 2. The van der Waals surface area contributed by atoms with Gasteiger partial charge in [-0.15, -0.1) is 8.42 Å². The molecule has 0 saturated carbocycles. The van der Waals surface area contributed by atoms with Crippen molar-refractivity contribution in [3.05, 3.63) is 35.9 Å². The average Bonchev–Trinajstić information content (AvgIpc) is 2.38. The highest BCUT2D eigenvalue weighted by molar-refractivity contribution is 7.80. The minimum absolute atomic E-state index is 0.0875. The van der Waals surface area contributed by atoms with Crippen molar-refractivity contribution in [3.8, 4) is 0 Å². The number of carbonyl (C=O) groups is 8. The number of piperidine rings is 4. The van der Waals surface area contributed by atoms with Crippen molar-refractivity contribution >= 4 is 58.6 Å². The topological polar surface area (TPSA) is 299 Å². The molecular formula is C55H85N10O17S+. The summed E-state index contributed by atoms with van der Waals surface area (Å²) < 4.78 is 56.5. The minimum Gasteiger partial charge on any atom is -0.444 e. The van der Waals surface area contributed by atoms with E-state index in [1.807, 2.05) is 71.9 Å². The number of hydrogen-bond donors (Lipinski definition) is 2. The SMILES string of the molecule is CC(C)(C)OC(=O)N1CC2CC(NC(=O)[C@@H]3CC[C@@H]4CN3C(=O)N4OCc3ccccc3)CC(C1)N2C(=O)OC(C)(C)C.CC(C)(C)OC(=O)N1CC2CC(NC(=O)[C@@H]3CC[C@@H]4CN3C(=O)N4OS(=O)(=O)[OH2+])CC(C1)N2C(=O)OC(C)(C)C. The molecule has 8 fully saturated rings. The molecule has 8 bridgehead atoms. The molecule has 8 aliphatic heterocycles. The van der Waals surface area contributed by atoms with Crippen LogP contribution in [0.2, 0.25) is 0 Å². The monoisotopic (exact) mass is 1190 g/mol. The molecule has 8 saturated heterocycles. The van der Waals surface area contributed by atoms with Gasteiger partial charge in [-0.1, -0.05) is 34.6 Å². The Morgan fingerprint density at radius 1 is 0.506 bits per heavy atom. The number of benzene rings is 1. The summed E-state index contributed by atoms with van der Waals surface area (Å²) >= 11 is 0. The minimum atomic E-state index is -4.64. The van der Waals surface area contributed by atoms with Crippen molar-refractivity contribution < 1.29 is 79.4 Å². The van der Waals surface area contributed by atoms with Crippen LogP contribution in [0.15, 0.2) is 30.3 Å². The van der Waals surface area contributed by atoms with Crippen molar-refractivity contribution in [2.45, 2.75) is 224 Å². The molecule has 10 amide bonds. The van der Waals surface area contributed by atoms with E-state index in [1.54, 1.807) is 66.0 Å². The molecule has 27 nitrogen and oxygen atoms in total. The third-order valence-electron chi connectivity index (χ3n) is 15.4. The van der Waals surface area contributed by atoms with E-state index in [0.717, 1.165) is 5.56 Å². The van der Waals surface area contributed by atoms with Gasteiger partial charge in [0.15, 0.2) is 0 Å². The van der Waals surface area contributed by atoms with Gasteiger partial charge in [0.05, 0.1) is 36.3 Å². The summed E-state index contributed by atoms with van der Waals surface area (Å²) in [5, 5.41) is 8.27. The second-order valence-corrected chi connectivity index (χ2v) is 27.9. The van der Waals surface area contributed by atoms with E-state index in [2.05, 4.69) is 14.9 Å². The zero-order valence-corrected chi connectivity index (χ0v) is 50.6. The first-order chi connectivity index (χ1) is 38.5. The first-order valence-corrected chi connectivity index (χ1v) is 30.1. The van der Waals surface area contributed by atoms with Gasteiger partial charge in [0, 0.05) is 51.4 Å². The van der Waals surface area contributed by atoms with E-state index in [9.17, 15) is 46.8 Å². The first kappa shape index (κ1) is 62.7. The number of piperazine rings is 2. The lowest BCUT2D eigenvalue weighted by Gasteiger charge is -2.51. The number of nitrogens with one attached hydrogen (secondary N) is 2. The fraction of sp³-hybridized carbons (Fsp3) is 0.745. The maximum Gasteiger partial charge on any atom is 0.551 e. The molecule has 1 aromatic carbocycles. The summed E-state index contributed by atoms with van der Waals surface area (Å²) in [5.74, 6) is -0.588. The van der Waals surface area contributed by atoms with Crippen LogP contribution in [-0.2, 0) is 54.7 Å². The second-order valence-electron chi connectivity index (χ2n) is 26.8. The lowest BCUT2D eigenvalue weighted by Crippen LogP contribution is -2.68. The summed E-state index contributed by atoms with van der Waals surface area (Å²) in [6, 6.07) is 4.40. The average molecular weight is 1190 g/mol. The quantitative estimate of drug-likeness (QED) is 0.253. The van der Waals surface area contributed by atoms with Crippen LogP contribution in [-0.4, -0.2) is 223 Å². The van der Waals surface area contributed by atoms with Gasteiger partial charge in [0.25, 0.3) is 0 Å². The molecule has 8 aliphatic rings. The number of rotatable bonds is 9. The van der Waals surface area contributed by atoms with Crippen LogP contribution in [0, 0.1) is 0 Å². The van der Waals surface area contributed by atoms with Crippen LogP contribution in [0.1, 0.15) is 140 Å². The van der Waals surface area contributed by atoms with Crippen molar-refractivity contribution in [3.63, 3.8) is 0 Å². The Bertz CT molecular complexity index is 2700. The van der Waals surface area contributed by atoms with Gasteiger partial charge < -0.3 is 53.7 Å². The van der Waals surface area contributed by atoms with Crippen LogP contribution in [0.5, 0.6) is 0 Å². The Labute approximate surface area is 485 Å². The molecule has 0 spiro atoms. The molecule has 28 heteroatoms. The van der Waals surface area contributed by atoms with Gasteiger partial charge in [-0.3, -0.25) is 24.2 Å². The number of carbonyl (C=O) groups excluding carboxylic acids is 8. The number of amides is 10. The summed E-state index contributed by atoms with van der Waals surface area (Å²) in [6.07, 6.45) is 1.68. The van der Waals surface area contributed by atoms with Crippen molar-refractivity contribution in [1.29, 1.82) is 0 Å². The Hall–Kier alpha value is -6.39. The van der Waals surface area contributed by atoms with Gasteiger partial charge in [-0.05, 0) is 140 Å². The molecule has 0 radical (unpaired) electrons. The molecule has 4 unspecified atom stereocenters. The zero-order valence-electron chi connectivity index (χ0n) is 49.8. The molecule has 462 valence electrons. The highest BCUT2D eigenvalue weighted by Gasteiger charge is 2.54. The predicted octanol–water partition coefficient (Wildman–Crippen LogP) is 4.55. The summed E-state index contributed by atoms with van der Waals surface area (Å²) in [7, 11) is -4.64. The van der Waals surface area contributed by atoms with Gasteiger partial charge in [0.2, 0.25) is 11.8 Å². The Kier molecular flexibility index (Phi) is 18.1. The standard InChI is InChI=1S/C31H45N5O7.C24H39N5O10S/c1-30(2,3)42-28(39)33-16-23-14-21(15-24(17-33)35(23)29(40)43-31(4,5)6)32-26(37)25-13-12-22-18-34(25)27(38)36(22)41-19-20-10-8-7-9-11-20;1-23(2,3)37-21(32)26-11-16-9-14(10-17(12-26)28(16)22(33)38-24(4,5)6)25-19(30)18-8-7-15-13-27(18)20(31)29(15)39-40(34,35)36/h7-11,21-25H,12-19H2,1-6H3,(H,32,37);14-18H,7-13H2,1-6H3,(H,25,30)(H,34,35,36)/p+1/t21?,22-,23?,24?,25+;14?,15-,16?,17?,18+/m11/s1. The molecular weight excluding hydrogens is 1100 g/mol. The number of ether oxygens (including phenoxy) is 4. The summed E-state index contributed by atoms with van der Waals surface area (Å²) in [6.45, 7) is 23.4. The number of hydroxylamine groups is 4. The molecule has 83 heavy (non-hydrogen) atoms. The van der Waals surface area contributed by atoms with Crippen molar-refractivity contribution in [2.24, 2.45) is 0 Å². The molecule has 4 N–H and O–H groups in total. The first-order valence-electron chi connectivity index (χ1n) is 28.6. The third-order valence-corrected chi connectivity index (χ3v) is 15.7. The smallest absolute Gasteiger partial charge is 0.444 e. The van der Waals surface area contributed by atoms with Gasteiger partial charge in [0.1, 0.15) is 41.1 Å². The molecule has 8 heterocycles. The van der Waals surface area contributed by atoms with E-state index in [-0.39, 0.29) is 87.4 Å². The van der Waals surface area contributed by atoms with Crippen LogP contribution in [0.25, 0.3) is 0 Å². The highest BCUT2D eigenvalue weighted by Crippen LogP contribution is 2.37. The number of likely N-dealkylation sites (tertiary alicyclic amines) is 2. The van der Waals surface area contributed by atoms with Crippen molar-refractivity contribution in [2.75, 3.05) is 39.3 Å². The number of hydrogen-bond acceptors (Lipinski definition) is 16. The normalized spacial score (nSPS) is 28.0. The Balaban J connectivity index is 0.000000217. The van der Waals surface area contributed by atoms with E-state index >= 15 is 0 Å². The maximum absolute atomic E-state index is 13.6. The fourth-order valence-corrected chi connectivity index (χ4v) is 12.7. The van der Waals surface area contributed by atoms with E-state index < -0.39 is 93.4 Å². The maximum atomic E-state index is 13.6. The number of nitrogens with zero attached hydrogens (tertiary/aromatic N) is 8. The van der Waals surface area contributed by atoms with Crippen molar-refractivity contribution in [1.82, 2.24) is 50.2 Å². The Morgan fingerprint density at radius 3 is 1.22 bits per heavy atom. The van der Waals surface area contributed by atoms with Crippen LogP contribution in [0.4, 0.5) is 28.8 Å². The Morgan fingerprint density at radius 2 is 0.855 bits per heavy atom. The van der Waals surface area contributed by atoms with Crippen LogP contribution >= 0.6 is 0 Å². The largest absolute Gasteiger partial charge is 0.551 e. The lowest BCUT2D eigenvalue weighted by atomic mass is 9.87. The van der Waals surface area contributed by atoms with Crippen LogP contribution in [0.3, 0.4) is 0 Å². The zero-order chi connectivity index (χ0) is 60.9. The lowest BCUT2D eigenvalue weighted by molar-refractivity contribution is -0.140. The second kappa shape index (κ2) is 23.9. The van der Waals surface area contributed by atoms with E-state index in [0.29, 0.717) is 63.0 Å². The van der Waals surface area contributed by atoms with Gasteiger partial charge in [-0.2, -0.15) is 10.1 Å². The highest BCUT2D eigenvalue weighted by atomic mass is 32.3. The summed E-state index contributed by atoms with van der Waals surface area (Å²) in [4.78, 5) is 120. The molecule has 8 atom stereocenters. The molecule has 0 aromatic heterocycles. The molecule has 1 aromatic rings. The van der Waals surface area contributed by atoms with Gasteiger partial charge >= 0.3 is 46.8 Å². The predicted molar refractivity (Wildman–Crippen MR) is 296 cm³/mol. The molecule has 9 rings (SSSR count). The van der Waals surface area contributed by atoms with Gasteiger partial charge in [-0.25, -0.2) is 28.8 Å². The fourth-order valence-electron chi connectivity index (χ4n) is 12.3. The number of fused-ring (bicyclic) bond motifs is 8. The van der Waals surface area contributed by atoms with Crippen LogP contribution < -0.4 is 10.6 Å². The molecule has 0 aliphatic carbocycles. The van der Waals surface area contributed by atoms with E-state index in [4.69, 9.17) is 28.3 Å².